The summed E-state index contributed by atoms with van der Waals surface area (Å²) in [6, 6.07) is 18.6. The highest BCUT2D eigenvalue weighted by molar-refractivity contribution is 5.93. The lowest BCUT2D eigenvalue weighted by Crippen LogP contribution is -2.11. The van der Waals surface area contributed by atoms with Crippen LogP contribution in [0.4, 0.5) is 11.6 Å². The van der Waals surface area contributed by atoms with Gasteiger partial charge in [0.2, 0.25) is 5.95 Å². The highest BCUT2D eigenvalue weighted by Gasteiger charge is 2.16. The summed E-state index contributed by atoms with van der Waals surface area (Å²) in [6.45, 7) is 2.00. The van der Waals surface area contributed by atoms with Crippen molar-refractivity contribution in [3.63, 3.8) is 0 Å². The number of benzene rings is 2. The number of fused-ring (bicyclic) bond motifs is 3. The molecule has 0 fully saturated rings. The monoisotopic (exact) mass is 410 g/mol. The largest absolute Gasteiger partial charge is 0.497 e. The maximum atomic E-state index is 12.3. The first-order valence-electron chi connectivity index (χ1n) is 9.66. The minimum atomic E-state index is -0.391. The molecule has 0 radical (unpaired) electrons. The fourth-order valence-corrected chi connectivity index (χ4v) is 3.35. The normalized spacial score (nSPS) is 11.0. The van der Waals surface area contributed by atoms with Gasteiger partial charge in [0.25, 0.3) is 5.56 Å². The molecule has 5 rings (SSSR count). The highest BCUT2D eigenvalue weighted by Crippen LogP contribution is 2.27. The second-order valence-corrected chi connectivity index (χ2v) is 7.03. The Labute approximate surface area is 177 Å². The molecule has 0 bridgehead atoms. The summed E-state index contributed by atoms with van der Waals surface area (Å²) in [6.07, 6.45) is 1.46. The van der Waals surface area contributed by atoms with Crippen molar-refractivity contribution in [3.8, 4) is 17.1 Å². The van der Waals surface area contributed by atoms with Crippen LogP contribution in [0, 0.1) is 6.92 Å². The van der Waals surface area contributed by atoms with E-state index in [1.54, 1.807) is 29.8 Å². The SMILES string of the molecule is COc1cccc(-c2nc3c4ccc(C)cc4nc(Nc4ccccnc4=O)n3n2)c1. The standard InChI is InChI=1S/C23H18N6O2/c1-14-9-10-17-19(12-14)26-23(25-18-8-3-4-11-24-22(18)30)29-21(17)27-20(28-29)15-6-5-7-16(13-15)31-2/h3-13H,1-2H3,(H,24,25,26,30). The number of hydrogen-bond acceptors (Lipinski definition) is 7. The quantitative estimate of drug-likeness (QED) is 0.482. The Morgan fingerprint density at radius 1 is 1.00 bits per heavy atom. The van der Waals surface area contributed by atoms with E-state index < -0.39 is 5.56 Å². The van der Waals surface area contributed by atoms with E-state index in [1.165, 1.54) is 6.20 Å². The van der Waals surface area contributed by atoms with Crippen molar-refractivity contribution < 1.29 is 4.74 Å². The van der Waals surface area contributed by atoms with Crippen molar-refractivity contribution in [3.05, 3.63) is 82.8 Å². The van der Waals surface area contributed by atoms with Crippen LogP contribution in [0.1, 0.15) is 5.56 Å². The van der Waals surface area contributed by atoms with Crippen LogP contribution >= 0.6 is 0 Å². The number of methoxy groups -OCH3 is 1. The summed E-state index contributed by atoms with van der Waals surface area (Å²) in [5.74, 6) is 1.61. The first kappa shape index (κ1) is 18.7. The number of aryl methyl sites for hydroxylation is 1. The molecular weight excluding hydrogens is 392 g/mol. The molecule has 3 aromatic heterocycles. The van der Waals surface area contributed by atoms with Crippen LogP contribution in [0.2, 0.25) is 0 Å². The maximum Gasteiger partial charge on any atom is 0.293 e. The molecule has 2 aromatic carbocycles. The molecule has 0 aliphatic rings. The zero-order chi connectivity index (χ0) is 21.4. The summed E-state index contributed by atoms with van der Waals surface area (Å²) in [7, 11) is 1.62. The van der Waals surface area contributed by atoms with Gasteiger partial charge in [0, 0.05) is 17.1 Å². The third-order valence-electron chi connectivity index (χ3n) is 4.88. The summed E-state index contributed by atoms with van der Waals surface area (Å²) in [5, 5.41) is 8.62. The summed E-state index contributed by atoms with van der Waals surface area (Å²) >= 11 is 0. The summed E-state index contributed by atoms with van der Waals surface area (Å²) in [5.41, 5.74) is 3.17. The number of nitrogens with one attached hydrogen (secondary N) is 1. The number of nitrogens with zero attached hydrogens (tertiary/aromatic N) is 5. The van der Waals surface area contributed by atoms with Crippen LogP contribution in [0.5, 0.6) is 5.75 Å². The lowest BCUT2D eigenvalue weighted by atomic mass is 10.1. The molecule has 0 amide bonds. The third kappa shape index (κ3) is 3.44. The Bertz CT molecular complexity index is 1500. The Balaban J connectivity index is 1.76. The minimum Gasteiger partial charge on any atom is -0.497 e. The predicted molar refractivity (Wildman–Crippen MR) is 119 cm³/mol. The van der Waals surface area contributed by atoms with Gasteiger partial charge in [-0.1, -0.05) is 24.3 Å². The third-order valence-corrected chi connectivity index (χ3v) is 4.88. The van der Waals surface area contributed by atoms with Crippen molar-refractivity contribution in [2.24, 2.45) is 0 Å². The number of ether oxygens (including phenoxy) is 1. The zero-order valence-corrected chi connectivity index (χ0v) is 16.9. The molecule has 0 unspecified atom stereocenters. The number of hydrogen-bond donors (Lipinski definition) is 1. The van der Waals surface area contributed by atoms with Gasteiger partial charge < -0.3 is 10.1 Å². The number of aromatic nitrogens is 5. The van der Waals surface area contributed by atoms with E-state index in [9.17, 15) is 4.79 Å². The molecule has 8 nitrogen and oxygen atoms in total. The first-order valence-corrected chi connectivity index (χ1v) is 9.66. The fraction of sp³-hybridized carbons (Fsp3) is 0.0870. The van der Waals surface area contributed by atoms with Crippen molar-refractivity contribution >= 4 is 28.2 Å². The van der Waals surface area contributed by atoms with Gasteiger partial charge >= 0.3 is 0 Å². The average Bonchev–Trinajstić information content (AvgIpc) is 3.14. The van der Waals surface area contributed by atoms with Crippen LogP contribution in [-0.2, 0) is 0 Å². The van der Waals surface area contributed by atoms with E-state index in [-0.39, 0.29) is 0 Å². The first-order chi connectivity index (χ1) is 15.1. The molecule has 0 saturated carbocycles. The van der Waals surface area contributed by atoms with Crippen molar-refractivity contribution in [1.82, 2.24) is 24.6 Å². The van der Waals surface area contributed by atoms with Gasteiger partial charge in [-0.05, 0) is 48.9 Å². The lowest BCUT2D eigenvalue weighted by molar-refractivity contribution is 0.415. The molecule has 0 atom stereocenters. The molecule has 0 aliphatic heterocycles. The Morgan fingerprint density at radius 2 is 1.90 bits per heavy atom. The van der Waals surface area contributed by atoms with Crippen molar-refractivity contribution in [2.75, 3.05) is 12.4 Å². The highest BCUT2D eigenvalue weighted by atomic mass is 16.5. The topological polar surface area (TPSA) is 94.3 Å². The lowest BCUT2D eigenvalue weighted by Gasteiger charge is -2.08. The smallest absolute Gasteiger partial charge is 0.293 e. The minimum absolute atomic E-state index is 0.296. The number of rotatable bonds is 4. The van der Waals surface area contributed by atoms with Gasteiger partial charge in [-0.25, -0.2) is 15.0 Å². The molecule has 0 spiro atoms. The molecule has 152 valence electrons. The van der Waals surface area contributed by atoms with Gasteiger partial charge in [0.05, 0.1) is 12.6 Å². The second-order valence-electron chi connectivity index (χ2n) is 7.03. The predicted octanol–water partition coefficient (Wildman–Crippen LogP) is 3.76. The molecule has 0 saturated heterocycles. The van der Waals surface area contributed by atoms with Crippen molar-refractivity contribution in [1.29, 1.82) is 0 Å². The Hall–Kier alpha value is -4.33. The second kappa shape index (κ2) is 7.49. The van der Waals surface area contributed by atoms with Crippen LogP contribution in [0.25, 0.3) is 27.9 Å². The number of anilines is 2. The average molecular weight is 410 g/mol. The molecule has 5 aromatic rings. The Kier molecular flexibility index (Phi) is 4.51. The molecule has 1 N–H and O–H groups in total. The fourth-order valence-electron chi connectivity index (χ4n) is 3.35. The molecule has 8 heteroatoms. The summed E-state index contributed by atoms with van der Waals surface area (Å²) in [4.78, 5) is 25.7. The van der Waals surface area contributed by atoms with Crippen LogP contribution in [-0.4, -0.2) is 31.7 Å². The maximum absolute atomic E-state index is 12.3. The summed E-state index contributed by atoms with van der Waals surface area (Å²) < 4.78 is 6.94. The van der Waals surface area contributed by atoms with Gasteiger partial charge in [0.1, 0.15) is 11.4 Å². The molecule has 0 aliphatic carbocycles. The van der Waals surface area contributed by atoms with E-state index in [0.29, 0.717) is 28.9 Å². The molecular formula is C23H18N6O2. The Morgan fingerprint density at radius 3 is 2.77 bits per heavy atom. The van der Waals surface area contributed by atoms with Crippen LogP contribution < -0.4 is 15.6 Å². The van der Waals surface area contributed by atoms with Gasteiger partial charge in [0.15, 0.2) is 11.5 Å². The van der Waals surface area contributed by atoms with E-state index in [4.69, 9.17) is 14.7 Å². The van der Waals surface area contributed by atoms with Crippen molar-refractivity contribution in [2.45, 2.75) is 6.92 Å². The van der Waals surface area contributed by atoms with Gasteiger partial charge in [-0.15, -0.1) is 5.10 Å². The van der Waals surface area contributed by atoms with Gasteiger partial charge in [-0.2, -0.15) is 4.52 Å². The molecule has 31 heavy (non-hydrogen) atoms. The van der Waals surface area contributed by atoms with E-state index in [1.807, 2.05) is 49.4 Å². The molecule has 3 heterocycles. The van der Waals surface area contributed by atoms with E-state index in [0.717, 1.165) is 22.0 Å². The zero-order valence-electron chi connectivity index (χ0n) is 16.9. The van der Waals surface area contributed by atoms with Crippen LogP contribution in [0.15, 0.2) is 71.7 Å². The van der Waals surface area contributed by atoms with Gasteiger partial charge in [-0.3, -0.25) is 4.79 Å². The van der Waals surface area contributed by atoms with E-state index in [2.05, 4.69) is 15.4 Å². The van der Waals surface area contributed by atoms with E-state index >= 15 is 0 Å². The van der Waals surface area contributed by atoms with Crippen LogP contribution in [0.3, 0.4) is 0 Å².